The topological polar surface area (TPSA) is 35.5 Å². The van der Waals surface area contributed by atoms with Crippen molar-refractivity contribution in [3.05, 3.63) is 0 Å². The highest BCUT2D eigenvalue weighted by atomic mass is 28.4. The van der Waals surface area contributed by atoms with Crippen molar-refractivity contribution in [2.45, 2.75) is 58.7 Å². The van der Waals surface area contributed by atoms with Gasteiger partial charge in [0.25, 0.3) is 8.32 Å². The summed E-state index contributed by atoms with van der Waals surface area (Å²) in [6.45, 7) is 8.73. The fourth-order valence-electron chi connectivity index (χ4n) is 1.01. The standard InChI is InChI=1S/C11H24O3Si/c1-5-7-8-9-10-13-11(12)14-15(3,4)6-2/h5-10H2,1-4H3. The minimum Gasteiger partial charge on any atom is -0.489 e. The number of ether oxygens (including phenoxy) is 1. The van der Waals surface area contributed by atoms with Crippen LogP contribution in [0.3, 0.4) is 0 Å². The zero-order valence-electron chi connectivity index (χ0n) is 10.5. The Balaban J connectivity index is 3.49. The van der Waals surface area contributed by atoms with Gasteiger partial charge in [-0.15, -0.1) is 0 Å². The van der Waals surface area contributed by atoms with Gasteiger partial charge in [-0.1, -0.05) is 33.1 Å². The molecule has 0 saturated carbocycles. The van der Waals surface area contributed by atoms with Crippen LogP contribution in [0.15, 0.2) is 0 Å². The van der Waals surface area contributed by atoms with Crippen molar-refractivity contribution in [2.24, 2.45) is 0 Å². The molecule has 0 fully saturated rings. The van der Waals surface area contributed by atoms with E-state index in [1.165, 1.54) is 12.8 Å². The fraction of sp³-hybridized carbons (Fsp3) is 0.909. The summed E-state index contributed by atoms with van der Waals surface area (Å²) in [5.74, 6) is 0. The van der Waals surface area contributed by atoms with Crippen LogP contribution >= 0.6 is 0 Å². The molecule has 0 saturated heterocycles. The van der Waals surface area contributed by atoms with Crippen molar-refractivity contribution < 1.29 is 14.0 Å². The predicted molar refractivity (Wildman–Crippen MR) is 64.5 cm³/mol. The molecule has 0 N–H and O–H groups in total. The zero-order chi connectivity index (χ0) is 11.7. The molecule has 0 spiro atoms. The van der Waals surface area contributed by atoms with E-state index in [4.69, 9.17) is 9.16 Å². The molecule has 0 aromatic heterocycles. The maximum Gasteiger partial charge on any atom is 0.494 e. The van der Waals surface area contributed by atoms with Crippen LogP contribution in [-0.4, -0.2) is 21.1 Å². The van der Waals surface area contributed by atoms with E-state index in [0.29, 0.717) is 6.61 Å². The van der Waals surface area contributed by atoms with Crippen LogP contribution in [0, 0.1) is 0 Å². The molecule has 0 unspecified atom stereocenters. The first-order valence-corrected chi connectivity index (χ1v) is 8.99. The van der Waals surface area contributed by atoms with Crippen LogP contribution in [0.25, 0.3) is 0 Å². The first kappa shape index (κ1) is 14.5. The quantitative estimate of drug-likeness (QED) is 0.379. The lowest BCUT2D eigenvalue weighted by atomic mass is 10.2. The molecule has 0 radical (unpaired) electrons. The molecule has 0 aliphatic heterocycles. The molecule has 0 aromatic carbocycles. The largest absolute Gasteiger partial charge is 0.494 e. The Morgan fingerprint density at radius 1 is 1.13 bits per heavy atom. The van der Waals surface area contributed by atoms with Gasteiger partial charge < -0.3 is 9.16 Å². The van der Waals surface area contributed by atoms with Crippen LogP contribution in [-0.2, 0) is 9.16 Å². The average molecular weight is 232 g/mol. The summed E-state index contributed by atoms with van der Waals surface area (Å²) in [6, 6.07) is 0.929. The summed E-state index contributed by atoms with van der Waals surface area (Å²) < 4.78 is 10.3. The number of hydrogen-bond donors (Lipinski definition) is 0. The maximum absolute atomic E-state index is 11.2. The van der Waals surface area contributed by atoms with Crippen molar-refractivity contribution in [2.75, 3.05) is 6.61 Å². The van der Waals surface area contributed by atoms with E-state index in [-0.39, 0.29) is 0 Å². The highest BCUT2D eigenvalue weighted by Gasteiger charge is 2.25. The molecular formula is C11H24O3Si. The van der Waals surface area contributed by atoms with Crippen LogP contribution in [0.5, 0.6) is 0 Å². The molecule has 0 atom stereocenters. The lowest BCUT2D eigenvalue weighted by Crippen LogP contribution is -2.32. The first-order valence-electron chi connectivity index (χ1n) is 5.87. The monoisotopic (exact) mass is 232 g/mol. The summed E-state index contributed by atoms with van der Waals surface area (Å²) in [4.78, 5) is 11.2. The number of carbonyl (C=O) groups excluding carboxylic acids is 1. The van der Waals surface area contributed by atoms with E-state index in [0.717, 1.165) is 18.9 Å². The van der Waals surface area contributed by atoms with Crippen LogP contribution in [0.2, 0.25) is 19.1 Å². The smallest absolute Gasteiger partial charge is 0.489 e. The maximum atomic E-state index is 11.2. The van der Waals surface area contributed by atoms with Crippen LogP contribution < -0.4 is 0 Å². The third-order valence-electron chi connectivity index (χ3n) is 2.43. The van der Waals surface area contributed by atoms with Gasteiger partial charge in [-0.25, -0.2) is 4.79 Å². The average Bonchev–Trinajstić information content (AvgIpc) is 2.17. The molecule has 0 heterocycles. The lowest BCUT2D eigenvalue weighted by Gasteiger charge is -2.19. The summed E-state index contributed by atoms with van der Waals surface area (Å²) in [7, 11) is -1.79. The van der Waals surface area contributed by atoms with E-state index in [1.807, 2.05) is 20.0 Å². The first-order chi connectivity index (χ1) is 7.02. The molecule has 90 valence electrons. The highest BCUT2D eigenvalue weighted by Crippen LogP contribution is 2.11. The SMILES string of the molecule is CCCCCCOC(=O)O[Si](C)(C)CC. The van der Waals surface area contributed by atoms with Crippen molar-refractivity contribution >= 4 is 14.5 Å². The van der Waals surface area contributed by atoms with Crippen LogP contribution in [0.1, 0.15) is 39.5 Å². The molecule has 0 rings (SSSR count). The highest BCUT2D eigenvalue weighted by molar-refractivity contribution is 6.72. The zero-order valence-corrected chi connectivity index (χ0v) is 11.5. The Bertz CT molecular complexity index is 181. The van der Waals surface area contributed by atoms with Crippen molar-refractivity contribution in [1.82, 2.24) is 0 Å². The van der Waals surface area contributed by atoms with E-state index in [1.54, 1.807) is 0 Å². The number of carbonyl (C=O) groups is 1. The molecule has 3 nitrogen and oxygen atoms in total. The molecule has 0 aromatic rings. The summed E-state index contributed by atoms with van der Waals surface area (Å²) in [6.07, 6.45) is 3.98. The molecule has 0 aliphatic carbocycles. The van der Waals surface area contributed by atoms with Gasteiger partial charge in [0.2, 0.25) is 0 Å². The lowest BCUT2D eigenvalue weighted by molar-refractivity contribution is 0.0948. The molecule has 0 aliphatic rings. The van der Waals surface area contributed by atoms with E-state index in [2.05, 4.69) is 6.92 Å². The van der Waals surface area contributed by atoms with Crippen molar-refractivity contribution in [3.8, 4) is 0 Å². The summed E-state index contributed by atoms with van der Waals surface area (Å²) in [5.41, 5.74) is 0. The van der Waals surface area contributed by atoms with E-state index in [9.17, 15) is 4.79 Å². The Kier molecular flexibility index (Phi) is 7.47. The fourth-order valence-corrected chi connectivity index (χ4v) is 1.67. The van der Waals surface area contributed by atoms with Gasteiger partial charge in [-0.05, 0) is 25.6 Å². The Morgan fingerprint density at radius 2 is 1.80 bits per heavy atom. The third-order valence-corrected chi connectivity index (χ3v) is 4.85. The molecule has 4 heteroatoms. The second kappa shape index (κ2) is 7.74. The van der Waals surface area contributed by atoms with Gasteiger partial charge in [0.15, 0.2) is 0 Å². The van der Waals surface area contributed by atoms with Gasteiger partial charge in [-0.2, -0.15) is 0 Å². The Labute approximate surface area is 94.3 Å². The molecule has 0 bridgehead atoms. The van der Waals surface area contributed by atoms with E-state index >= 15 is 0 Å². The summed E-state index contributed by atoms with van der Waals surface area (Å²) >= 11 is 0. The second-order valence-electron chi connectivity index (χ2n) is 4.37. The molecule has 15 heavy (non-hydrogen) atoms. The van der Waals surface area contributed by atoms with Gasteiger partial charge in [0.05, 0.1) is 6.61 Å². The van der Waals surface area contributed by atoms with Crippen LogP contribution in [0.4, 0.5) is 4.79 Å². The third kappa shape index (κ3) is 8.48. The van der Waals surface area contributed by atoms with Gasteiger partial charge >= 0.3 is 6.16 Å². The van der Waals surface area contributed by atoms with Gasteiger partial charge in [0.1, 0.15) is 0 Å². The molecule has 0 amide bonds. The van der Waals surface area contributed by atoms with Crippen molar-refractivity contribution in [1.29, 1.82) is 0 Å². The number of hydrogen-bond acceptors (Lipinski definition) is 3. The minimum atomic E-state index is -1.79. The second-order valence-corrected chi connectivity index (χ2v) is 8.81. The number of unbranched alkanes of at least 4 members (excludes halogenated alkanes) is 3. The Morgan fingerprint density at radius 3 is 2.33 bits per heavy atom. The normalized spacial score (nSPS) is 11.2. The van der Waals surface area contributed by atoms with E-state index < -0.39 is 14.5 Å². The van der Waals surface area contributed by atoms with Gasteiger partial charge in [-0.3, -0.25) is 0 Å². The molecular weight excluding hydrogens is 208 g/mol. The number of rotatable bonds is 7. The minimum absolute atomic E-state index is 0.481. The van der Waals surface area contributed by atoms with Gasteiger partial charge in [0, 0.05) is 0 Å². The summed E-state index contributed by atoms with van der Waals surface area (Å²) in [5, 5.41) is 0. The van der Waals surface area contributed by atoms with Crippen molar-refractivity contribution in [3.63, 3.8) is 0 Å². The predicted octanol–water partition coefficient (Wildman–Crippen LogP) is 3.94. The Hall–Kier alpha value is -0.513.